The molecule has 0 aliphatic carbocycles. The number of fused-ring (bicyclic) bond motifs is 1. The number of nitrogens with zero attached hydrogens (tertiary/aromatic N) is 5. The average molecular weight is 520 g/mol. The Kier molecular flexibility index (Phi) is 6.06. The third-order valence-electron chi connectivity index (χ3n) is 5.92. The lowest BCUT2D eigenvalue weighted by molar-refractivity contribution is 0.102. The molecule has 39 heavy (non-hydrogen) atoms. The van der Waals surface area contributed by atoms with Gasteiger partial charge in [-0.2, -0.15) is 0 Å². The second kappa shape index (κ2) is 9.98. The highest BCUT2D eigenvalue weighted by molar-refractivity contribution is 6.04. The van der Waals surface area contributed by atoms with Crippen molar-refractivity contribution in [2.45, 2.75) is 0 Å². The summed E-state index contributed by atoms with van der Waals surface area (Å²) >= 11 is 0. The summed E-state index contributed by atoms with van der Waals surface area (Å²) in [6.07, 6.45) is 1.59. The number of nitrogen functional groups attached to an aromatic ring is 1. The fraction of sp³-hybridized carbons (Fsp3) is 0.0357. The van der Waals surface area contributed by atoms with E-state index in [1.807, 2.05) is 34.9 Å². The molecule has 0 fully saturated rings. The van der Waals surface area contributed by atoms with E-state index >= 15 is 0 Å². The Balaban J connectivity index is 1.31. The lowest BCUT2D eigenvalue weighted by Crippen LogP contribution is -2.11. The van der Waals surface area contributed by atoms with Crippen LogP contribution in [0, 0.1) is 0 Å². The Labute approximate surface area is 221 Å². The van der Waals surface area contributed by atoms with Crippen LogP contribution in [0.15, 0.2) is 95.8 Å². The molecule has 0 saturated heterocycles. The number of carbonyl (C=O) groups is 1. The Morgan fingerprint density at radius 2 is 1.77 bits per heavy atom. The molecule has 6 aromatic rings. The predicted molar refractivity (Wildman–Crippen MR) is 144 cm³/mol. The number of aromatic nitrogens is 5. The van der Waals surface area contributed by atoms with Crippen LogP contribution in [0.1, 0.15) is 10.4 Å². The van der Waals surface area contributed by atoms with Gasteiger partial charge in [-0.1, -0.05) is 24.3 Å². The van der Waals surface area contributed by atoms with Crippen LogP contribution in [0.2, 0.25) is 0 Å². The van der Waals surface area contributed by atoms with E-state index in [-0.39, 0.29) is 11.7 Å². The zero-order chi connectivity index (χ0) is 26.8. The number of hydrogen-bond acceptors (Lipinski definition) is 9. The summed E-state index contributed by atoms with van der Waals surface area (Å²) in [6.45, 7) is 0. The fourth-order valence-electron chi connectivity index (χ4n) is 4.07. The van der Waals surface area contributed by atoms with E-state index in [9.17, 15) is 4.79 Å². The van der Waals surface area contributed by atoms with E-state index in [0.29, 0.717) is 51.2 Å². The zero-order valence-corrected chi connectivity index (χ0v) is 20.6. The van der Waals surface area contributed by atoms with Gasteiger partial charge in [-0.3, -0.25) is 9.36 Å². The number of amides is 1. The molecular formula is C28H21N7O4. The molecular weight excluding hydrogens is 498 g/mol. The normalized spacial score (nSPS) is 10.9. The molecule has 11 nitrogen and oxygen atoms in total. The smallest absolute Gasteiger partial charge is 0.255 e. The SMILES string of the molecule is COc1ccc(NC(=O)c2cccc(Oc3cc4c(cn3)nc(-c3nonc3N)n4-c3ccccc3)c2)cc1. The van der Waals surface area contributed by atoms with E-state index in [1.54, 1.807) is 67.9 Å². The second-order valence-corrected chi connectivity index (χ2v) is 8.43. The van der Waals surface area contributed by atoms with E-state index in [4.69, 9.17) is 19.8 Å². The second-order valence-electron chi connectivity index (χ2n) is 8.43. The minimum absolute atomic E-state index is 0.122. The lowest BCUT2D eigenvalue weighted by Gasteiger charge is -2.10. The largest absolute Gasteiger partial charge is 0.497 e. The number of nitrogens with one attached hydrogen (secondary N) is 1. The first kappa shape index (κ1) is 23.7. The Bertz CT molecular complexity index is 1780. The minimum atomic E-state index is -0.278. The first-order valence-electron chi connectivity index (χ1n) is 11.8. The number of pyridine rings is 1. The molecule has 11 heteroatoms. The summed E-state index contributed by atoms with van der Waals surface area (Å²) < 4.78 is 17.9. The van der Waals surface area contributed by atoms with Gasteiger partial charge in [-0.05, 0) is 64.9 Å². The van der Waals surface area contributed by atoms with Gasteiger partial charge in [-0.25, -0.2) is 14.6 Å². The molecule has 192 valence electrons. The molecule has 0 spiro atoms. The predicted octanol–water partition coefficient (Wildman–Crippen LogP) is 5.11. The quantitative estimate of drug-likeness (QED) is 0.294. The maximum Gasteiger partial charge on any atom is 0.255 e. The van der Waals surface area contributed by atoms with Crippen molar-refractivity contribution in [3.8, 4) is 34.6 Å². The van der Waals surface area contributed by atoms with Gasteiger partial charge in [-0.15, -0.1) is 0 Å². The van der Waals surface area contributed by atoms with Crippen molar-refractivity contribution in [2.24, 2.45) is 0 Å². The van der Waals surface area contributed by atoms with Crippen LogP contribution in [0.5, 0.6) is 17.4 Å². The number of anilines is 2. The van der Waals surface area contributed by atoms with Crippen LogP contribution in [-0.4, -0.2) is 37.9 Å². The first-order chi connectivity index (χ1) is 19.1. The molecule has 6 rings (SSSR count). The molecule has 3 aromatic carbocycles. The minimum Gasteiger partial charge on any atom is -0.497 e. The van der Waals surface area contributed by atoms with Crippen molar-refractivity contribution in [1.82, 2.24) is 24.8 Å². The lowest BCUT2D eigenvalue weighted by atomic mass is 10.2. The van der Waals surface area contributed by atoms with E-state index < -0.39 is 0 Å². The molecule has 0 atom stereocenters. The third-order valence-corrected chi connectivity index (χ3v) is 5.92. The van der Waals surface area contributed by atoms with Crippen molar-refractivity contribution in [1.29, 1.82) is 0 Å². The van der Waals surface area contributed by atoms with Crippen LogP contribution < -0.4 is 20.5 Å². The Morgan fingerprint density at radius 1 is 0.949 bits per heavy atom. The van der Waals surface area contributed by atoms with Gasteiger partial charge in [0, 0.05) is 23.0 Å². The molecule has 0 bridgehead atoms. The molecule has 3 heterocycles. The molecule has 0 aliphatic heterocycles. The van der Waals surface area contributed by atoms with Crippen molar-refractivity contribution in [2.75, 3.05) is 18.2 Å². The number of methoxy groups -OCH3 is 1. The summed E-state index contributed by atoms with van der Waals surface area (Å²) in [4.78, 5) is 21.9. The van der Waals surface area contributed by atoms with Crippen molar-refractivity contribution in [3.63, 3.8) is 0 Å². The van der Waals surface area contributed by atoms with Gasteiger partial charge >= 0.3 is 0 Å². The van der Waals surface area contributed by atoms with Gasteiger partial charge in [0.25, 0.3) is 5.91 Å². The highest BCUT2D eigenvalue weighted by atomic mass is 16.6. The Morgan fingerprint density at radius 3 is 2.51 bits per heavy atom. The number of ether oxygens (including phenoxy) is 2. The standard InChI is InChI=1S/C28H21N7O4/c1-37-20-12-10-18(11-13-20)31-28(36)17-6-5-9-21(14-17)38-24-15-23-22(16-30-24)32-27(25-26(29)34-39-33-25)35(23)19-7-3-2-4-8-19/h2-16H,1H3,(H2,29,34)(H,31,36). The van der Waals surface area contributed by atoms with Crippen LogP contribution in [0.3, 0.4) is 0 Å². The van der Waals surface area contributed by atoms with Crippen LogP contribution in [0.4, 0.5) is 11.5 Å². The molecule has 0 saturated carbocycles. The molecule has 0 aliphatic rings. The molecule has 1 amide bonds. The maximum atomic E-state index is 12.8. The molecule has 0 unspecified atom stereocenters. The van der Waals surface area contributed by atoms with Crippen LogP contribution in [0.25, 0.3) is 28.2 Å². The number of imidazole rings is 1. The van der Waals surface area contributed by atoms with Crippen LogP contribution in [-0.2, 0) is 0 Å². The average Bonchev–Trinajstić information content (AvgIpc) is 3.56. The molecule has 3 N–H and O–H groups in total. The number of nitrogens with two attached hydrogens (primary N) is 1. The summed E-state index contributed by atoms with van der Waals surface area (Å²) in [5.74, 6) is 1.75. The third kappa shape index (κ3) is 4.71. The van der Waals surface area contributed by atoms with Crippen molar-refractivity contribution >= 4 is 28.4 Å². The van der Waals surface area contributed by atoms with Gasteiger partial charge < -0.3 is 20.5 Å². The first-order valence-corrected chi connectivity index (χ1v) is 11.8. The zero-order valence-electron chi connectivity index (χ0n) is 20.6. The van der Waals surface area contributed by atoms with Gasteiger partial charge in [0.05, 0.1) is 18.8 Å². The monoisotopic (exact) mass is 519 g/mol. The fourth-order valence-corrected chi connectivity index (χ4v) is 4.07. The van der Waals surface area contributed by atoms with Gasteiger partial charge in [0.1, 0.15) is 17.0 Å². The summed E-state index contributed by atoms with van der Waals surface area (Å²) in [5, 5.41) is 10.5. The summed E-state index contributed by atoms with van der Waals surface area (Å²) in [5.41, 5.74) is 9.48. The number of benzene rings is 3. The van der Waals surface area contributed by atoms with Crippen molar-refractivity contribution in [3.05, 3.63) is 96.7 Å². The Hall–Kier alpha value is -5.71. The van der Waals surface area contributed by atoms with Gasteiger partial charge in [0.2, 0.25) is 5.88 Å². The number of hydrogen-bond donors (Lipinski definition) is 2. The topological polar surface area (TPSA) is 143 Å². The van der Waals surface area contributed by atoms with E-state index in [0.717, 1.165) is 5.69 Å². The van der Waals surface area contributed by atoms with Crippen LogP contribution >= 0.6 is 0 Å². The maximum absolute atomic E-state index is 12.8. The van der Waals surface area contributed by atoms with E-state index in [1.165, 1.54) is 0 Å². The van der Waals surface area contributed by atoms with E-state index in [2.05, 4.69) is 25.6 Å². The summed E-state index contributed by atoms with van der Waals surface area (Å²) in [6, 6.07) is 25.3. The molecule has 0 radical (unpaired) electrons. The van der Waals surface area contributed by atoms with Crippen molar-refractivity contribution < 1.29 is 18.9 Å². The highest BCUT2D eigenvalue weighted by Gasteiger charge is 2.21. The van der Waals surface area contributed by atoms with Gasteiger partial charge in [0.15, 0.2) is 17.3 Å². The number of para-hydroxylation sites is 1. The number of carbonyl (C=O) groups excluding carboxylic acids is 1. The highest BCUT2D eigenvalue weighted by Crippen LogP contribution is 2.32. The molecule has 3 aromatic heterocycles. The number of rotatable bonds is 7. The summed E-state index contributed by atoms with van der Waals surface area (Å²) in [7, 11) is 1.59.